The third kappa shape index (κ3) is 7.72. The highest BCUT2D eigenvalue weighted by atomic mass is 79.9. The maximum absolute atomic E-state index is 11.7. The molecule has 1 heterocycles. The van der Waals surface area contributed by atoms with Crippen LogP contribution in [0.1, 0.15) is 63.9 Å². The Morgan fingerprint density at radius 3 is 2.57 bits per heavy atom. The van der Waals surface area contributed by atoms with Gasteiger partial charge >= 0.3 is 6.03 Å². The van der Waals surface area contributed by atoms with Crippen molar-refractivity contribution in [3.8, 4) is 0 Å². The number of urea groups is 1. The Morgan fingerprint density at radius 1 is 1.13 bits per heavy atom. The smallest absolute Gasteiger partial charge is 0.314 e. The summed E-state index contributed by atoms with van der Waals surface area (Å²) in [6.45, 7) is 6.34. The molecule has 3 rings (SSSR count). The Morgan fingerprint density at radius 2 is 1.87 bits per heavy atom. The number of piperidine rings is 1. The van der Waals surface area contributed by atoms with Gasteiger partial charge in [0.1, 0.15) is 0 Å². The molecule has 30 heavy (non-hydrogen) atoms. The van der Waals surface area contributed by atoms with Gasteiger partial charge in [-0.1, -0.05) is 27.5 Å². The molecule has 0 unspecified atom stereocenters. The minimum Gasteiger partial charge on any atom is -0.338 e. The first-order chi connectivity index (χ1) is 14.5. The molecule has 1 aromatic carbocycles. The molecule has 0 atom stereocenters. The number of hydrogen-bond donors (Lipinski definition) is 2. The number of hydrogen-bond acceptors (Lipinski definition) is 2. The molecule has 0 aromatic heterocycles. The maximum Gasteiger partial charge on any atom is 0.314 e. The minimum absolute atomic E-state index is 0.00734. The summed E-state index contributed by atoms with van der Waals surface area (Å²) in [5.74, 6) is 1.61. The van der Waals surface area contributed by atoms with Gasteiger partial charge in [-0.05, 0) is 120 Å². The van der Waals surface area contributed by atoms with Gasteiger partial charge in [0.05, 0.1) is 0 Å². The van der Waals surface area contributed by atoms with Gasteiger partial charge in [-0.15, -0.1) is 0 Å². The second-order valence-electron chi connectivity index (χ2n) is 9.09. The van der Waals surface area contributed by atoms with Gasteiger partial charge in [-0.25, -0.2) is 4.79 Å². The first-order valence-electron chi connectivity index (χ1n) is 11.7. The molecule has 2 fully saturated rings. The Balaban J connectivity index is 1.28. The van der Waals surface area contributed by atoms with Crippen molar-refractivity contribution >= 4 is 33.6 Å². The van der Waals surface area contributed by atoms with Crippen molar-refractivity contribution in [1.82, 2.24) is 15.5 Å². The van der Waals surface area contributed by atoms with E-state index >= 15 is 0 Å². The fourth-order valence-electron chi connectivity index (χ4n) is 5.02. The molecular formula is C24H37BrClN3O. The molecule has 1 aliphatic heterocycles. The number of nitrogens with zero attached hydrogens (tertiary/aromatic N) is 1. The van der Waals surface area contributed by atoms with E-state index in [-0.39, 0.29) is 6.03 Å². The van der Waals surface area contributed by atoms with Crippen LogP contribution < -0.4 is 10.6 Å². The zero-order valence-corrected chi connectivity index (χ0v) is 20.6. The van der Waals surface area contributed by atoms with E-state index in [1.54, 1.807) is 0 Å². The lowest BCUT2D eigenvalue weighted by atomic mass is 9.83. The lowest BCUT2D eigenvalue weighted by molar-refractivity contribution is 0.174. The normalized spacial score (nSPS) is 23.3. The number of carbonyl (C=O) groups excluding carboxylic acids is 1. The molecule has 2 aliphatic rings. The van der Waals surface area contributed by atoms with E-state index in [9.17, 15) is 4.79 Å². The standard InChI is InChI=1S/C24H37BrClN3O/c1-2-27-24(30)28-22-8-5-18(6-9-22)4-3-13-29-14-11-19(12-15-29)16-20-17-21(26)7-10-23(20)25/h7,10,17-19,22H,2-6,8-9,11-16H2,1H3,(H2,27,28,30)/t18-,22-. The molecule has 0 spiro atoms. The molecule has 1 saturated carbocycles. The van der Waals surface area contributed by atoms with Crippen LogP contribution in [0.4, 0.5) is 4.79 Å². The zero-order chi connectivity index (χ0) is 21.3. The van der Waals surface area contributed by atoms with E-state index in [0.717, 1.165) is 36.1 Å². The van der Waals surface area contributed by atoms with Gasteiger partial charge in [0.25, 0.3) is 0 Å². The molecule has 6 heteroatoms. The highest BCUT2D eigenvalue weighted by Crippen LogP contribution is 2.30. The average Bonchev–Trinajstić information content (AvgIpc) is 2.73. The molecule has 0 radical (unpaired) electrons. The monoisotopic (exact) mass is 497 g/mol. The molecule has 1 saturated heterocycles. The second kappa shape index (κ2) is 12.3. The van der Waals surface area contributed by atoms with Crippen molar-refractivity contribution in [2.24, 2.45) is 11.8 Å². The topological polar surface area (TPSA) is 44.4 Å². The van der Waals surface area contributed by atoms with E-state index < -0.39 is 0 Å². The maximum atomic E-state index is 11.7. The summed E-state index contributed by atoms with van der Waals surface area (Å²) >= 11 is 9.84. The van der Waals surface area contributed by atoms with Crippen molar-refractivity contribution in [2.45, 2.75) is 70.8 Å². The van der Waals surface area contributed by atoms with Crippen LogP contribution in [0.15, 0.2) is 22.7 Å². The summed E-state index contributed by atoms with van der Waals surface area (Å²) in [5.41, 5.74) is 1.35. The van der Waals surface area contributed by atoms with Crippen LogP contribution in [0.25, 0.3) is 0 Å². The van der Waals surface area contributed by atoms with E-state index in [4.69, 9.17) is 11.6 Å². The van der Waals surface area contributed by atoms with Gasteiger partial charge < -0.3 is 15.5 Å². The number of amides is 2. The van der Waals surface area contributed by atoms with Crippen molar-refractivity contribution in [3.63, 3.8) is 0 Å². The van der Waals surface area contributed by atoms with E-state index in [2.05, 4.69) is 43.6 Å². The third-order valence-corrected chi connectivity index (χ3v) is 7.84. The number of likely N-dealkylation sites (tertiary alicyclic amines) is 1. The zero-order valence-electron chi connectivity index (χ0n) is 18.3. The Hall–Kier alpha value is -0.780. The number of carbonyl (C=O) groups is 1. The molecule has 0 bridgehead atoms. The van der Waals surface area contributed by atoms with Gasteiger partial charge in [0, 0.05) is 22.1 Å². The summed E-state index contributed by atoms with van der Waals surface area (Å²) in [7, 11) is 0. The van der Waals surface area contributed by atoms with Crippen molar-refractivity contribution in [2.75, 3.05) is 26.2 Å². The Kier molecular flexibility index (Phi) is 9.79. The summed E-state index contributed by atoms with van der Waals surface area (Å²) in [4.78, 5) is 14.3. The first kappa shape index (κ1) is 23.9. The molecular weight excluding hydrogens is 462 g/mol. The number of halogens is 2. The molecule has 2 amide bonds. The summed E-state index contributed by atoms with van der Waals surface area (Å²) in [5, 5.41) is 6.77. The number of benzene rings is 1. The predicted octanol–water partition coefficient (Wildman–Crippen LogP) is 6.02. The molecule has 4 nitrogen and oxygen atoms in total. The van der Waals surface area contributed by atoms with Crippen molar-refractivity contribution in [1.29, 1.82) is 0 Å². The SMILES string of the molecule is CCNC(=O)N[C@H]1CC[C@H](CCCN2CCC(Cc3cc(Cl)ccc3Br)CC2)CC1. The van der Waals surface area contributed by atoms with Crippen molar-refractivity contribution < 1.29 is 4.79 Å². The summed E-state index contributed by atoms with van der Waals surface area (Å²) in [6.07, 6.45) is 11.1. The van der Waals surface area contributed by atoms with Crippen LogP contribution in [0.3, 0.4) is 0 Å². The van der Waals surface area contributed by atoms with E-state index in [0.29, 0.717) is 12.6 Å². The largest absolute Gasteiger partial charge is 0.338 e. The second-order valence-corrected chi connectivity index (χ2v) is 10.4. The van der Waals surface area contributed by atoms with Crippen molar-refractivity contribution in [3.05, 3.63) is 33.3 Å². The lowest BCUT2D eigenvalue weighted by Crippen LogP contribution is -2.43. The minimum atomic E-state index is -0.00734. The quantitative estimate of drug-likeness (QED) is 0.460. The Bertz CT molecular complexity index is 670. The van der Waals surface area contributed by atoms with Gasteiger partial charge in [-0.2, -0.15) is 0 Å². The Labute approximate surface area is 195 Å². The number of nitrogens with one attached hydrogen (secondary N) is 2. The summed E-state index contributed by atoms with van der Waals surface area (Å²) < 4.78 is 1.19. The first-order valence-corrected chi connectivity index (χ1v) is 12.9. The molecule has 2 N–H and O–H groups in total. The fraction of sp³-hybridized carbons (Fsp3) is 0.708. The van der Waals surface area contributed by atoms with E-state index in [1.807, 2.05) is 13.0 Å². The van der Waals surface area contributed by atoms with Crippen LogP contribution in [-0.4, -0.2) is 43.2 Å². The van der Waals surface area contributed by atoms with E-state index in [1.165, 1.54) is 68.2 Å². The average molecular weight is 499 g/mol. The fourth-order valence-corrected chi connectivity index (χ4v) is 5.62. The highest BCUT2D eigenvalue weighted by Gasteiger charge is 2.23. The number of rotatable bonds is 8. The lowest BCUT2D eigenvalue weighted by Gasteiger charge is -2.33. The van der Waals surface area contributed by atoms with Crippen LogP contribution in [0.5, 0.6) is 0 Å². The third-order valence-electron chi connectivity index (χ3n) is 6.83. The predicted molar refractivity (Wildman–Crippen MR) is 129 cm³/mol. The van der Waals surface area contributed by atoms with Gasteiger partial charge in [-0.3, -0.25) is 0 Å². The molecule has 168 valence electrons. The molecule has 1 aliphatic carbocycles. The van der Waals surface area contributed by atoms with Crippen LogP contribution in [0.2, 0.25) is 5.02 Å². The van der Waals surface area contributed by atoms with Crippen LogP contribution in [-0.2, 0) is 6.42 Å². The van der Waals surface area contributed by atoms with Crippen LogP contribution >= 0.6 is 27.5 Å². The molecule has 1 aromatic rings. The van der Waals surface area contributed by atoms with Gasteiger partial charge in [0.15, 0.2) is 0 Å². The van der Waals surface area contributed by atoms with Crippen LogP contribution in [0, 0.1) is 11.8 Å². The van der Waals surface area contributed by atoms with Gasteiger partial charge in [0.2, 0.25) is 0 Å². The summed E-state index contributed by atoms with van der Waals surface area (Å²) in [6, 6.07) is 6.48. The highest BCUT2D eigenvalue weighted by molar-refractivity contribution is 9.10.